The summed E-state index contributed by atoms with van der Waals surface area (Å²) >= 11 is 1.60. The molecule has 2 N–H and O–H groups in total. The molecule has 0 radical (unpaired) electrons. The second kappa shape index (κ2) is 3.14. The van der Waals surface area contributed by atoms with Crippen molar-refractivity contribution in [3.63, 3.8) is 0 Å². The van der Waals surface area contributed by atoms with Crippen LogP contribution in [-0.2, 0) is 6.54 Å². The molecule has 0 saturated heterocycles. The highest BCUT2D eigenvalue weighted by molar-refractivity contribution is 7.09. The number of thiazole rings is 1. The Morgan fingerprint density at radius 3 is 3.00 bits per heavy atom. The molecule has 68 valence electrons. The van der Waals surface area contributed by atoms with E-state index in [-0.39, 0.29) is 0 Å². The molecule has 0 aliphatic carbocycles. The predicted octanol–water partition coefficient (Wildman–Crippen LogP) is 0.674. The van der Waals surface area contributed by atoms with Crippen molar-refractivity contribution in [1.29, 1.82) is 0 Å². The van der Waals surface area contributed by atoms with Crippen molar-refractivity contribution in [2.45, 2.75) is 13.5 Å². The first kappa shape index (κ1) is 8.18. The van der Waals surface area contributed by atoms with Gasteiger partial charge in [0.1, 0.15) is 0 Å². The third-order valence-corrected chi connectivity index (χ3v) is 2.57. The van der Waals surface area contributed by atoms with Crippen LogP contribution in [0.5, 0.6) is 0 Å². The van der Waals surface area contributed by atoms with E-state index in [1.54, 1.807) is 21.5 Å². The summed E-state index contributed by atoms with van der Waals surface area (Å²) in [6.45, 7) is 2.59. The monoisotopic (exact) mass is 195 g/mol. The van der Waals surface area contributed by atoms with Crippen LogP contribution in [0.3, 0.4) is 0 Å². The van der Waals surface area contributed by atoms with Gasteiger partial charge in [-0.05, 0) is 6.92 Å². The molecule has 0 bridgehead atoms. The van der Waals surface area contributed by atoms with Crippen LogP contribution in [-0.4, -0.2) is 20.0 Å². The number of hydrogen-bond donors (Lipinski definition) is 1. The second-order valence-corrected chi connectivity index (χ2v) is 3.66. The molecule has 6 heteroatoms. The predicted molar refractivity (Wildman–Crippen MR) is 50.4 cm³/mol. The van der Waals surface area contributed by atoms with E-state index in [2.05, 4.69) is 15.3 Å². The lowest BCUT2D eigenvalue weighted by molar-refractivity contribution is 0.638. The molecule has 0 aliphatic rings. The lowest BCUT2D eigenvalue weighted by Crippen LogP contribution is -2.02. The molecule has 0 atom stereocenters. The van der Waals surface area contributed by atoms with Crippen LogP contribution in [0.1, 0.15) is 10.6 Å². The van der Waals surface area contributed by atoms with Crippen molar-refractivity contribution in [3.8, 4) is 0 Å². The van der Waals surface area contributed by atoms with Crippen LogP contribution in [0.15, 0.2) is 11.7 Å². The van der Waals surface area contributed by atoms with E-state index in [0.717, 1.165) is 10.6 Å². The largest absolute Gasteiger partial charge is 0.381 e. The Labute approximate surface area is 79.2 Å². The van der Waals surface area contributed by atoms with Crippen LogP contribution in [0.2, 0.25) is 0 Å². The highest BCUT2D eigenvalue weighted by Gasteiger charge is 2.05. The van der Waals surface area contributed by atoms with Crippen LogP contribution in [0.4, 0.5) is 5.82 Å². The van der Waals surface area contributed by atoms with Gasteiger partial charge in [0.2, 0.25) is 0 Å². The van der Waals surface area contributed by atoms with E-state index in [4.69, 9.17) is 5.73 Å². The zero-order chi connectivity index (χ0) is 9.26. The molecule has 0 saturated carbocycles. The Hall–Kier alpha value is -1.43. The summed E-state index contributed by atoms with van der Waals surface area (Å²) in [5.41, 5.74) is 8.26. The third-order valence-electron chi connectivity index (χ3n) is 1.81. The zero-order valence-electron chi connectivity index (χ0n) is 7.14. The fraction of sp³-hybridized carbons (Fsp3) is 0.286. The standard InChI is InChI=1S/C7H9N5S/c1-5-7(8)10-11-12(5)3-6-2-9-4-13-6/h2,4H,3,8H2,1H3. The number of hydrogen-bond acceptors (Lipinski definition) is 5. The van der Waals surface area contributed by atoms with Crippen LogP contribution in [0, 0.1) is 6.92 Å². The molecule has 2 heterocycles. The zero-order valence-corrected chi connectivity index (χ0v) is 7.95. The summed E-state index contributed by atoms with van der Waals surface area (Å²) in [4.78, 5) is 5.13. The second-order valence-electron chi connectivity index (χ2n) is 2.69. The Bertz CT molecular complexity index is 391. The molecule has 0 fully saturated rings. The van der Waals surface area contributed by atoms with Gasteiger partial charge >= 0.3 is 0 Å². The topological polar surface area (TPSA) is 69.6 Å². The molecule has 2 aromatic heterocycles. The number of nitrogen functional groups attached to an aromatic ring is 1. The van der Waals surface area contributed by atoms with Gasteiger partial charge in [0.15, 0.2) is 5.82 Å². The van der Waals surface area contributed by atoms with E-state index < -0.39 is 0 Å². The van der Waals surface area contributed by atoms with E-state index in [0.29, 0.717) is 12.4 Å². The average Bonchev–Trinajstić information content (AvgIpc) is 2.71. The minimum atomic E-state index is 0.490. The minimum absolute atomic E-state index is 0.490. The Kier molecular flexibility index (Phi) is 1.97. The SMILES string of the molecule is Cc1c(N)nnn1Cc1cncs1. The van der Waals surface area contributed by atoms with E-state index in [9.17, 15) is 0 Å². The van der Waals surface area contributed by atoms with E-state index >= 15 is 0 Å². The summed E-state index contributed by atoms with van der Waals surface area (Å²) < 4.78 is 1.77. The molecule has 0 aromatic carbocycles. The number of nitrogens with zero attached hydrogens (tertiary/aromatic N) is 4. The van der Waals surface area contributed by atoms with Gasteiger partial charge in [-0.1, -0.05) is 5.21 Å². The maximum absolute atomic E-state index is 5.56. The van der Waals surface area contributed by atoms with Gasteiger partial charge in [-0.15, -0.1) is 16.4 Å². The fourth-order valence-electron chi connectivity index (χ4n) is 0.992. The quantitative estimate of drug-likeness (QED) is 0.764. The average molecular weight is 195 g/mol. The van der Waals surface area contributed by atoms with Gasteiger partial charge in [0, 0.05) is 11.1 Å². The lowest BCUT2D eigenvalue weighted by Gasteiger charge is -1.98. The van der Waals surface area contributed by atoms with Gasteiger partial charge < -0.3 is 5.73 Å². The van der Waals surface area contributed by atoms with Crippen molar-refractivity contribution in [2.75, 3.05) is 5.73 Å². The maximum atomic E-state index is 5.56. The maximum Gasteiger partial charge on any atom is 0.168 e. The van der Waals surface area contributed by atoms with Crippen LogP contribution >= 0.6 is 11.3 Å². The molecule has 0 spiro atoms. The van der Waals surface area contributed by atoms with Gasteiger partial charge in [-0.2, -0.15) is 0 Å². The summed E-state index contributed by atoms with van der Waals surface area (Å²) in [6, 6.07) is 0. The van der Waals surface area contributed by atoms with Crippen molar-refractivity contribution in [3.05, 3.63) is 22.3 Å². The Morgan fingerprint density at radius 1 is 1.62 bits per heavy atom. The van der Waals surface area contributed by atoms with Crippen LogP contribution in [0.25, 0.3) is 0 Å². The summed E-state index contributed by atoms with van der Waals surface area (Å²) in [5, 5.41) is 7.68. The highest BCUT2D eigenvalue weighted by Crippen LogP contribution is 2.11. The van der Waals surface area contributed by atoms with Gasteiger partial charge in [0.25, 0.3) is 0 Å². The number of aromatic nitrogens is 4. The van der Waals surface area contributed by atoms with Gasteiger partial charge in [-0.3, -0.25) is 4.98 Å². The first-order chi connectivity index (χ1) is 6.27. The van der Waals surface area contributed by atoms with Crippen molar-refractivity contribution in [2.24, 2.45) is 0 Å². The first-order valence-corrected chi connectivity index (χ1v) is 4.68. The van der Waals surface area contributed by atoms with Crippen molar-refractivity contribution in [1.82, 2.24) is 20.0 Å². The third kappa shape index (κ3) is 1.52. The molecule has 0 aliphatic heterocycles. The van der Waals surface area contributed by atoms with E-state index in [1.807, 2.05) is 13.1 Å². The van der Waals surface area contributed by atoms with Crippen LogP contribution < -0.4 is 5.73 Å². The molecule has 0 unspecified atom stereocenters. The summed E-state index contributed by atoms with van der Waals surface area (Å²) in [5.74, 6) is 0.490. The number of rotatable bonds is 2. The summed E-state index contributed by atoms with van der Waals surface area (Å²) in [6.07, 6.45) is 1.82. The smallest absolute Gasteiger partial charge is 0.168 e. The normalized spacial score (nSPS) is 10.5. The molecular formula is C7H9N5S. The molecule has 13 heavy (non-hydrogen) atoms. The van der Waals surface area contributed by atoms with Crippen molar-refractivity contribution < 1.29 is 0 Å². The molecule has 0 amide bonds. The van der Waals surface area contributed by atoms with Gasteiger partial charge in [0.05, 0.1) is 17.7 Å². The molecule has 5 nitrogen and oxygen atoms in total. The van der Waals surface area contributed by atoms with E-state index in [1.165, 1.54) is 0 Å². The number of anilines is 1. The highest BCUT2D eigenvalue weighted by atomic mass is 32.1. The molecule has 2 aromatic rings. The Morgan fingerprint density at radius 2 is 2.46 bits per heavy atom. The molecule has 2 rings (SSSR count). The Balaban J connectivity index is 2.24. The molecular weight excluding hydrogens is 186 g/mol. The minimum Gasteiger partial charge on any atom is -0.381 e. The number of nitrogens with two attached hydrogens (primary N) is 1. The lowest BCUT2D eigenvalue weighted by atomic mass is 10.4. The van der Waals surface area contributed by atoms with Gasteiger partial charge in [-0.25, -0.2) is 4.68 Å². The first-order valence-electron chi connectivity index (χ1n) is 3.80. The summed E-state index contributed by atoms with van der Waals surface area (Å²) in [7, 11) is 0. The fourth-order valence-corrected chi connectivity index (χ4v) is 1.57. The van der Waals surface area contributed by atoms with Crippen molar-refractivity contribution >= 4 is 17.2 Å².